The number of likely N-dealkylation sites (tertiary alicyclic amines) is 1. The van der Waals surface area contributed by atoms with E-state index in [1.165, 1.54) is 98.0 Å². The number of sulfonamides is 1. The Morgan fingerprint density at radius 3 is 1.66 bits per heavy atom. The maximum atomic E-state index is 13.2. The van der Waals surface area contributed by atoms with E-state index in [0.717, 1.165) is 34.5 Å². The molecule has 0 bridgehead atoms. The lowest BCUT2D eigenvalue weighted by molar-refractivity contribution is -0.140. The highest BCUT2D eigenvalue weighted by Gasteiger charge is 2.35. The Bertz CT molecular complexity index is 2480. The number of amides is 3. The van der Waals surface area contributed by atoms with Gasteiger partial charge >= 0.3 is 5.97 Å². The van der Waals surface area contributed by atoms with Crippen LogP contribution in [-0.2, 0) is 52.1 Å². The number of methoxy groups -OCH3 is 1. The summed E-state index contributed by atoms with van der Waals surface area (Å²) < 4.78 is 53.1. The van der Waals surface area contributed by atoms with Crippen LogP contribution in [0.15, 0.2) is 107 Å². The van der Waals surface area contributed by atoms with Crippen molar-refractivity contribution in [2.75, 3.05) is 33.5 Å². The molecule has 4 aromatic rings. The highest BCUT2D eigenvalue weighted by atomic mass is 35.5. The first-order chi connectivity index (χ1) is 31.2. The van der Waals surface area contributed by atoms with Crippen molar-refractivity contribution in [3.63, 3.8) is 0 Å². The van der Waals surface area contributed by atoms with Crippen molar-refractivity contribution in [2.24, 2.45) is 5.92 Å². The minimum Gasteiger partial charge on any atom is -0.468 e. The Kier molecular flexibility index (Phi) is 26.3. The van der Waals surface area contributed by atoms with E-state index in [9.17, 15) is 40.8 Å². The summed E-state index contributed by atoms with van der Waals surface area (Å²) in [4.78, 5) is 61.4. The molecule has 0 spiro atoms. The molecular weight excluding hydrogens is 928 g/mol. The number of halogens is 1. The number of benzene rings is 4. The van der Waals surface area contributed by atoms with E-state index >= 15 is 0 Å². The van der Waals surface area contributed by atoms with Gasteiger partial charge in [-0.1, -0.05) is 126 Å². The SMILES string of the molecule is C.C.CCC.COC(=O)CN(C)S(=O)(=O)c1cccc(C(=O)N2CCC[C@@H]2C(=O)NCc2ccc(C)cc2)c1.CS(=O)(=O)c1cccc(C(=O)Cl)c1.Cc1ccc(CNC(=O)C2CCCC2)cc1. The van der Waals surface area contributed by atoms with Gasteiger partial charge in [0.05, 0.1) is 16.9 Å². The van der Waals surface area contributed by atoms with Crippen LogP contribution in [0.4, 0.5) is 0 Å². The fourth-order valence-electron chi connectivity index (χ4n) is 6.84. The molecule has 1 saturated carbocycles. The minimum atomic E-state index is -4.01. The number of carbonyl (C=O) groups is 5. The Labute approximate surface area is 410 Å². The molecule has 4 aromatic carbocycles. The van der Waals surface area contributed by atoms with Crippen LogP contribution in [0.3, 0.4) is 0 Å². The highest BCUT2D eigenvalue weighted by molar-refractivity contribution is 7.90. The van der Waals surface area contributed by atoms with Gasteiger partial charge in [0.2, 0.25) is 21.8 Å². The van der Waals surface area contributed by atoms with Crippen molar-refractivity contribution in [3.8, 4) is 0 Å². The quantitative estimate of drug-likeness (QED) is 0.0967. The van der Waals surface area contributed by atoms with Gasteiger partial charge in [0.25, 0.3) is 11.1 Å². The first kappa shape index (κ1) is 60.6. The highest BCUT2D eigenvalue weighted by Crippen LogP contribution is 2.25. The number of esters is 1. The van der Waals surface area contributed by atoms with Crippen molar-refractivity contribution in [1.82, 2.24) is 19.8 Å². The summed E-state index contributed by atoms with van der Waals surface area (Å²) in [5.74, 6) is -0.855. The van der Waals surface area contributed by atoms with Crippen molar-refractivity contribution >= 4 is 60.4 Å². The molecule has 1 aliphatic heterocycles. The van der Waals surface area contributed by atoms with Crippen molar-refractivity contribution in [1.29, 1.82) is 0 Å². The third-order valence-corrected chi connectivity index (χ3v) is 13.7. The standard InChI is InChI=1S/C24H29N3O6S.C14H19NO.C8H7ClO3S.C3H8.2CH4/c1-17-9-11-18(12-10-17)15-25-23(29)21-8-5-13-27(21)24(30)19-6-4-7-20(14-19)34(31,32)26(2)16-22(28)33-3;1-11-6-8-12(9-7-11)10-15-14(16)13-4-2-3-5-13;1-13(11,12)7-4-2-3-6(5-7)8(9)10;1-3-2;;/h4,6-7,9-12,14,21H,5,8,13,15-16H2,1-3H3,(H,25,29);6-9,13H,2-5,10H2,1H3,(H,15,16);2-5H,1H3;3H2,1-2H3;2*1H4/t21-;;;;;/m1...../s1. The topological polar surface area (TPSA) is 193 Å². The molecule has 1 saturated heterocycles. The van der Waals surface area contributed by atoms with Crippen LogP contribution in [0.5, 0.6) is 0 Å². The van der Waals surface area contributed by atoms with Gasteiger partial charge in [-0.15, -0.1) is 0 Å². The summed E-state index contributed by atoms with van der Waals surface area (Å²) in [6.45, 7) is 9.28. The largest absolute Gasteiger partial charge is 0.468 e. The lowest BCUT2D eigenvalue weighted by atomic mass is 10.1. The molecule has 2 aliphatic rings. The number of ether oxygens (including phenoxy) is 1. The van der Waals surface area contributed by atoms with Crippen LogP contribution in [0, 0.1) is 19.8 Å². The molecule has 1 aliphatic carbocycles. The molecule has 374 valence electrons. The lowest BCUT2D eigenvalue weighted by Crippen LogP contribution is -2.45. The summed E-state index contributed by atoms with van der Waals surface area (Å²) in [6.07, 6.45) is 8.09. The Balaban J connectivity index is 0.000000562. The van der Waals surface area contributed by atoms with Crippen LogP contribution in [0.1, 0.15) is 117 Å². The van der Waals surface area contributed by atoms with Gasteiger partial charge in [0.1, 0.15) is 12.6 Å². The first-order valence-electron chi connectivity index (χ1n) is 21.8. The second-order valence-electron chi connectivity index (χ2n) is 16.2. The van der Waals surface area contributed by atoms with Crippen molar-refractivity contribution in [3.05, 3.63) is 130 Å². The zero-order chi connectivity index (χ0) is 49.0. The average Bonchev–Trinajstić information content (AvgIpc) is 4.03. The van der Waals surface area contributed by atoms with E-state index in [4.69, 9.17) is 11.6 Å². The second kappa shape index (κ2) is 29.5. The maximum Gasteiger partial charge on any atom is 0.321 e. The minimum absolute atomic E-state index is 0. The summed E-state index contributed by atoms with van der Waals surface area (Å²) in [7, 11) is -4.85. The molecule has 6 rings (SSSR count). The number of rotatable bonds is 13. The maximum absolute atomic E-state index is 13.2. The number of aryl methyl sites for hydroxylation is 2. The molecule has 1 atom stereocenters. The predicted octanol–water partition coefficient (Wildman–Crippen LogP) is 8.67. The fourth-order valence-corrected chi connectivity index (χ4v) is 8.78. The molecule has 68 heavy (non-hydrogen) atoms. The first-order valence-corrected chi connectivity index (χ1v) is 25.5. The van der Waals surface area contributed by atoms with Crippen LogP contribution in [0.2, 0.25) is 0 Å². The number of carbonyl (C=O) groups excluding carboxylic acids is 5. The molecule has 1 heterocycles. The summed E-state index contributed by atoms with van der Waals surface area (Å²) in [6, 6.07) is 26.7. The zero-order valence-electron chi connectivity index (χ0n) is 38.8. The van der Waals surface area contributed by atoms with Crippen molar-refractivity contribution < 1.29 is 45.5 Å². The molecule has 3 amide bonds. The summed E-state index contributed by atoms with van der Waals surface area (Å²) in [5.41, 5.74) is 4.87. The molecule has 2 N–H and O–H groups in total. The van der Waals surface area contributed by atoms with Gasteiger partial charge in [0.15, 0.2) is 9.84 Å². The fraction of sp³-hybridized carbons (Fsp3) is 0.431. The normalized spacial score (nSPS) is 14.2. The monoisotopic (exact) mass is 998 g/mol. The third-order valence-electron chi connectivity index (χ3n) is 10.6. The van der Waals surface area contributed by atoms with Gasteiger partial charge in [-0.2, -0.15) is 4.31 Å². The van der Waals surface area contributed by atoms with Gasteiger partial charge in [-0.25, -0.2) is 16.8 Å². The van der Waals surface area contributed by atoms with Crippen LogP contribution >= 0.6 is 11.6 Å². The number of nitrogens with one attached hydrogen (secondary N) is 2. The summed E-state index contributed by atoms with van der Waals surface area (Å²) in [5, 5.41) is 5.25. The molecule has 0 radical (unpaired) electrons. The van der Waals surface area contributed by atoms with Crippen LogP contribution in [-0.4, -0.2) is 94.5 Å². The molecule has 0 aromatic heterocycles. The molecule has 14 nitrogen and oxygen atoms in total. The van der Waals surface area contributed by atoms with E-state index in [1.54, 1.807) is 0 Å². The second-order valence-corrected chi connectivity index (χ2v) is 20.6. The van der Waals surface area contributed by atoms with Gasteiger partial charge in [0, 0.05) is 50.0 Å². The van der Waals surface area contributed by atoms with E-state index in [-0.39, 0.29) is 53.5 Å². The zero-order valence-corrected chi connectivity index (χ0v) is 41.2. The Hall–Kier alpha value is -5.42. The van der Waals surface area contributed by atoms with Crippen molar-refractivity contribution in [2.45, 2.75) is 116 Å². The van der Waals surface area contributed by atoms with E-state index in [2.05, 4.69) is 60.4 Å². The number of sulfone groups is 1. The van der Waals surface area contributed by atoms with Gasteiger partial charge < -0.3 is 20.3 Å². The third kappa shape index (κ3) is 19.3. The Morgan fingerprint density at radius 1 is 0.706 bits per heavy atom. The number of hydrogen-bond acceptors (Lipinski definition) is 10. The number of hydrogen-bond donors (Lipinski definition) is 2. The molecule has 17 heteroatoms. The van der Waals surface area contributed by atoms with Crippen LogP contribution in [0.25, 0.3) is 0 Å². The molecule has 0 unspecified atom stereocenters. The number of likely N-dealkylation sites (N-methyl/N-ethyl adjacent to an activating group) is 1. The smallest absolute Gasteiger partial charge is 0.321 e. The average molecular weight is 1000 g/mol. The van der Waals surface area contributed by atoms with Gasteiger partial charge in [-0.05, 0) is 92.6 Å². The predicted molar refractivity (Wildman–Crippen MR) is 270 cm³/mol. The molecule has 2 fully saturated rings. The van der Waals surface area contributed by atoms with E-state index in [1.807, 2.05) is 31.2 Å². The van der Waals surface area contributed by atoms with E-state index < -0.39 is 49.6 Å². The lowest BCUT2D eigenvalue weighted by Gasteiger charge is -2.24. The summed E-state index contributed by atoms with van der Waals surface area (Å²) >= 11 is 5.19. The molecular formula is C51H71ClN4O10S2. The van der Waals surface area contributed by atoms with Gasteiger partial charge in [-0.3, -0.25) is 24.0 Å². The van der Waals surface area contributed by atoms with E-state index in [0.29, 0.717) is 32.5 Å². The Morgan fingerprint density at radius 2 is 1.18 bits per heavy atom. The number of nitrogens with zero attached hydrogens (tertiary/aromatic N) is 2. The van der Waals surface area contributed by atoms with Crippen LogP contribution < -0.4 is 10.6 Å².